The average Bonchev–Trinajstić information content (AvgIpc) is 2.69. The van der Waals surface area contributed by atoms with E-state index in [4.69, 9.17) is 33.3 Å². The predicted molar refractivity (Wildman–Crippen MR) is 125 cm³/mol. The molecule has 1 amide bonds. The minimum absolute atomic E-state index is 0.209. The third-order valence-corrected chi connectivity index (χ3v) is 4.25. The summed E-state index contributed by atoms with van der Waals surface area (Å²) >= 11 is 11.4. The number of anilines is 1. The summed E-state index contributed by atoms with van der Waals surface area (Å²) in [5, 5.41) is 10.5. The molecule has 0 heterocycles. The zero-order chi connectivity index (χ0) is 21.9. The van der Waals surface area contributed by atoms with Gasteiger partial charge < -0.3 is 20.1 Å². The number of thiocarbonyl (C=S) groups is 1. The second kappa shape index (κ2) is 12.0. The van der Waals surface area contributed by atoms with E-state index in [9.17, 15) is 4.79 Å². The molecule has 0 aliphatic carbocycles. The molecule has 3 N–H and O–H groups in total. The molecule has 0 bridgehead atoms. The summed E-state index contributed by atoms with van der Waals surface area (Å²) in [7, 11) is 0. The standard InChI is InChI=1S/C21H25ClN4O3S/c1-4-23-21(30)26-24-12-15-10-17(22)20(18(11-15)28-5-2)29-13-19(27)25-16-8-6-14(3)7-9-16/h6-12H,4-5,13H2,1-3H3,(H,25,27)(H2,23,26,30)/b24-12-. The van der Waals surface area contributed by atoms with Gasteiger partial charge in [0.05, 0.1) is 17.8 Å². The SMILES string of the molecule is CCNC(=S)N/N=C\c1cc(Cl)c(OCC(=O)Nc2ccc(C)cc2)c(OCC)c1. The maximum absolute atomic E-state index is 12.2. The zero-order valence-electron chi connectivity index (χ0n) is 17.1. The topological polar surface area (TPSA) is 84.0 Å². The Bertz CT molecular complexity index is 904. The van der Waals surface area contributed by atoms with E-state index in [0.717, 1.165) is 5.56 Å². The molecule has 0 radical (unpaired) electrons. The number of ether oxygens (including phenoxy) is 2. The first-order chi connectivity index (χ1) is 14.4. The largest absolute Gasteiger partial charge is 0.490 e. The zero-order valence-corrected chi connectivity index (χ0v) is 18.7. The van der Waals surface area contributed by atoms with Crippen molar-refractivity contribution in [3.8, 4) is 11.5 Å². The van der Waals surface area contributed by atoms with Gasteiger partial charge in [-0.25, -0.2) is 0 Å². The van der Waals surface area contributed by atoms with E-state index < -0.39 is 0 Å². The third kappa shape index (κ3) is 7.53. The van der Waals surface area contributed by atoms with Gasteiger partial charge in [-0.15, -0.1) is 0 Å². The highest BCUT2D eigenvalue weighted by Gasteiger charge is 2.14. The van der Waals surface area contributed by atoms with Crippen LogP contribution in [-0.2, 0) is 4.79 Å². The number of carbonyl (C=O) groups is 1. The van der Waals surface area contributed by atoms with E-state index in [-0.39, 0.29) is 12.5 Å². The second-order valence-corrected chi connectivity index (χ2v) is 7.01. The van der Waals surface area contributed by atoms with Crippen LogP contribution in [0.4, 0.5) is 5.69 Å². The number of hydrazone groups is 1. The van der Waals surface area contributed by atoms with Gasteiger partial charge in [-0.1, -0.05) is 29.3 Å². The van der Waals surface area contributed by atoms with Crippen molar-refractivity contribution in [2.45, 2.75) is 20.8 Å². The van der Waals surface area contributed by atoms with Gasteiger partial charge in [0, 0.05) is 12.2 Å². The number of nitrogens with one attached hydrogen (secondary N) is 3. The molecule has 160 valence electrons. The average molecular weight is 449 g/mol. The molecular weight excluding hydrogens is 424 g/mol. The lowest BCUT2D eigenvalue weighted by Crippen LogP contribution is -2.31. The maximum atomic E-state index is 12.2. The molecular formula is C21H25ClN4O3S. The Hall–Kier alpha value is -2.84. The van der Waals surface area contributed by atoms with E-state index in [1.165, 1.54) is 0 Å². The molecule has 7 nitrogen and oxygen atoms in total. The minimum Gasteiger partial charge on any atom is -0.490 e. The monoisotopic (exact) mass is 448 g/mol. The van der Waals surface area contributed by atoms with Gasteiger partial charge in [0.15, 0.2) is 23.2 Å². The third-order valence-electron chi connectivity index (χ3n) is 3.73. The van der Waals surface area contributed by atoms with Gasteiger partial charge in [0.2, 0.25) is 0 Å². The van der Waals surface area contributed by atoms with Crippen molar-refractivity contribution in [1.29, 1.82) is 0 Å². The van der Waals surface area contributed by atoms with Crippen LogP contribution in [0.2, 0.25) is 5.02 Å². The first kappa shape index (κ1) is 23.4. The summed E-state index contributed by atoms with van der Waals surface area (Å²) in [6, 6.07) is 10.9. The minimum atomic E-state index is -0.302. The Kier molecular flexibility index (Phi) is 9.37. The Balaban J connectivity index is 2.05. The molecule has 0 fully saturated rings. The van der Waals surface area contributed by atoms with Crippen LogP contribution in [0, 0.1) is 6.92 Å². The highest BCUT2D eigenvalue weighted by molar-refractivity contribution is 7.80. The molecule has 0 saturated heterocycles. The van der Waals surface area contributed by atoms with Crippen LogP contribution in [0.25, 0.3) is 0 Å². The number of benzene rings is 2. The van der Waals surface area contributed by atoms with Crippen molar-refractivity contribution < 1.29 is 14.3 Å². The maximum Gasteiger partial charge on any atom is 0.262 e. The van der Waals surface area contributed by atoms with Crippen LogP contribution in [-0.4, -0.2) is 37.0 Å². The predicted octanol–water partition coefficient (Wildman–Crippen LogP) is 3.88. The highest BCUT2D eigenvalue weighted by atomic mass is 35.5. The van der Waals surface area contributed by atoms with E-state index in [0.29, 0.717) is 46.0 Å². The van der Waals surface area contributed by atoms with Gasteiger partial charge in [-0.2, -0.15) is 5.10 Å². The summed E-state index contributed by atoms with van der Waals surface area (Å²) in [5.41, 5.74) is 5.20. The molecule has 0 atom stereocenters. The molecule has 30 heavy (non-hydrogen) atoms. The van der Waals surface area contributed by atoms with Gasteiger partial charge in [-0.05, 0) is 62.8 Å². The molecule has 0 aliphatic rings. The molecule has 0 saturated carbocycles. The van der Waals surface area contributed by atoms with Crippen LogP contribution in [0.15, 0.2) is 41.5 Å². The number of amides is 1. The Morgan fingerprint density at radius 1 is 1.20 bits per heavy atom. The van der Waals surface area contributed by atoms with Crippen molar-refractivity contribution in [2.24, 2.45) is 5.10 Å². The van der Waals surface area contributed by atoms with Gasteiger partial charge in [0.1, 0.15) is 0 Å². The lowest BCUT2D eigenvalue weighted by Gasteiger charge is -2.14. The van der Waals surface area contributed by atoms with Crippen LogP contribution in [0.1, 0.15) is 25.0 Å². The van der Waals surface area contributed by atoms with Crippen molar-refractivity contribution in [1.82, 2.24) is 10.7 Å². The van der Waals surface area contributed by atoms with E-state index >= 15 is 0 Å². The van der Waals surface area contributed by atoms with E-state index in [2.05, 4.69) is 21.2 Å². The molecule has 0 aromatic heterocycles. The summed E-state index contributed by atoms with van der Waals surface area (Å²) < 4.78 is 11.3. The Labute approximate surface area is 186 Å². The quantitative estimate of drug-likeness (QED) is 0.306. The molecule has 0 spiro atoms. The summed E-state index contributed by atoms with van der Waals surface area (Å²) in [6.45, 7) is 6.66. The van der Waals surface area contributed by atoms with Crippen molar-refractivity contribution in [3.63, 3.8) is 0 Å². The van der Waals surface area contributed by atoms with Crippen LogP contribution in [0.5, 0.6) is 11.5 Å². The number of aryl methyl sites for hydroxylation is 1. The fourth-order valence-corrected chi connectivity index (χ4v) is 2.87. The summed E-state index contributed by atoms with van der Waals surface area (Å²) in [6.07, 6.45) is 1.56. The van der Waals surface area contributed by atoms with Crippen LogP contribution >= 0.6 is 23.8 Å². The van der Waals surface area contributed by atoms with Gasteiger partial charge in [-0.3, -0.25) is 10.2 Å². The number of hydrogen-bond donors (Lipinski definition) is 3. The van der Waals surface area contributed by atoms with Crippen molar-refractivity contribution >= 4 is 46.7 Å². The smallest absolute Gasteiger partial charge is 0.262 e. The molecule has 9 heteroatoms. The molecule has 0 unspecified atom stereocenters. The summed E-state index contributed by atoms with van der Waals surface area (Å²) in [5.74, 6) is 0.416. The van der Waals surface area contributed by atoms with E-state index in [1.54, 1.807) is 18.3 Å². The first-order valence-electron chi connectivity index (χ1n) is 9.45. The number of hydrogen-bond acceptors (Lipinski definition) is 5. The van der Waals surface area contributed by atoms with Crippen molar-refractivity contribution in [2.75, 3.05) is 25.1 Å². The van der Waals surface area contributed by atoms with E-state index in [1.807, 2.05) is 45.0 Å². The number of rotatable bonds is 9. The molecule has 2 aromatic carbocycles. The number of carbonyl (C=O) groups excluding carboxylic acids is 1. The van der Waals surface area contributed by atoms with Gasteiger partial charge in [0.25, 0.3) is 5.91 Å². The Morgan fingerprint density at radius 3 is 2.60 bits per heavy atom. The second-order valence-electron chi connectivity index (χ2n) is 6.20. The lowest BCUT2D eigenvalue weighted by atomic mass is 10.2. The van der Waals surface area contributed by atoms with Crippen LogP contribution < -0.4 is 25.5 Å². The first-order valence-corrected chi connectivity index (χ1v) is 10.2. The molecule has 2 aromatic rings. The fourth-order valence-electron chi connectivity index (χ4n) is 2.40. The fraction of sp³-hybridized carbons (Fsp3) is 0.286. The normalized spacial score (nSPS) is 10.5. The van der Waals surface area contributed by atoms with Crippen LogP contribution in [0.3, 0.4) is 0 Å². The highest BCUT2D eigenvalue weighted by Crippen LogP contribution is 2.36. The van der Waals surface area contributed by atoms with Gasteiger partial charge >= 0.3 is 0 Å². The number of nitrogens with zero attached hydrogens (tertiary/aromatic N) is 1. The number of halogens is 1. The molecule has 0 aliphatic heterocycles. The Morgan fingerprint density at radius 2 is 1.93 bits per heavy atom. The van der Waals surface area contributed by atoms with Crippen molar-refractivity contribution in [3.05, 3.63) is 52.5 Å². The summed E-state index contributed by atoms with van der Waals surface area (Å²) in [4.78, 5) is 12.2. The lowest BCUT2D eigenvalue weighted by molar-refractivity contribution is -0.118. The molecule has 2 rings (SSSR count).